The highest BCUT2D eigenvalue weighted by molar-refractivity contribution is 8.47. The minimum Gasteiger partial charge on any atom is -0.368 e. The molecule has 5 nitrogen and oxygen atoms in total. The number of rotatable bonds is 9. The number of hydrogen-bond donors (Lipinski definition) is 1. The van der Waals surface area contributed by atoms with Gasteiger partial charge in [-0.2, -0.15) is 0 Å². The molecule has 8 heteroatoms. The van der Waals surface area contributed by atoms with Crippen LogP contribution in [0, 0.1) is 5.92 Å². The first kappa shape index (κ1) is 19.6. The molecule has 0 rings (SSSR count). The van der Waals surface area contributed by atoms with Crippen LogP contribution in [0.5, 0.6) is 0 Å². The fourth-order valence-electron chi connectivity index (χ4n) is 1.92. The highest BCUT2D eigenvalue weighted by Gasteiger charge is 2.38. The van der Waals surface area contributed by atoms with Crippen molar-refractivity contribution in [3.05, 3.63) is 10.4 Å². The zero-order chi connectivity index (χ0) is 15.6. The van der Waals surface area contributed by atoms with Crippen LogP contribution < -0.4 is 5.73 Å². The molecular weight excluding hydrogens is 312 g/mol. The molecule has 1 unspecified atom stereocenters. The van der Waals surface area contributed by atoms with Gasteiger partial charge >= 0.3 is 0 Å². The second kappa shape index (κ2) is 10.3. The van der Waals surface area contributed by atoms with Crippen LogP contribution in [0.4, 0.5) is 0 Å². The number of amides is 1. The summed E-state index contributed by atoms with van der Waals surface area (Å²) in [6, 6.07) is 0. The van der Waals surface area contributed by atoms with Gasteiger partial charge in [-0.15, -0.1) is 11.8 Å². The molecule has 0 aliphatic rings. The third-order valence-corrected chi connectivity index (χ3v) is 5.49. The quantitative estimate of drug-likeness (QED) is 0.226. The highest BCUT2D eigenvalue weighted by atomic mass is 32.2. The van der Waals surface area contributed by atoms with Crippen LogP contribution in [-0.4, -0.2) is 26.5 Å². The molecule has 0 saturated heterocycles. The summed E-state index contributed by atoms with van der Waals surface area (Å²) in [4.78, 5) is 14.7. The van der Waals surface area contributed by atoms with E-state index in [0.717, 1.165) is 9.28 Å². The zero-order valence-corrected chi connectivity index (χ0v) is 14.6. The van der Waals surface area contributed by atoms with Gasteiger partial charge in [0.2, 0.25) is 5.91 Å². The molecule has 0 saturated carbocycles. The van der Waals surface area contributed by atoms with E-state index in [1.54, 1.807) is 11.8 Å². The Hall–Kier alpha value is -0.430. The van der Waals surface area contributed by atoms with Crippen LogP contribution in [-0.2, 0) is 4.79 Å². The normalized spacial score (nSPS) is 13.6. The molecular formula is C12H22N4OS3. The molecule has 1 amide bonds. The van der Waals surface area contributed by atoms with Gasteiger partial charge in [0.05, 0.1) is 0 Å². The number of hydrogen-bond acceptors (Lipinski definition) is 5. The van der Waals surface area contributed by atoms with Crippen molar-refractivity contribution in [2.75, 3.05) is 12.3 Å². The van der Waals surface area contributed by atoms with E-state index in [1.165, 1.54) is 11.8 Å². The van der Waals surface area contributed by atoms with Gasteiger partial charge in [0.25, 0.3) is 0 Å². The van der Waals surface area contributed by atoms with E-state index in [0.29, 0.717) is 31.7 Å². The van der Waals surface area contributed by atoms with Crippen LogP contribution in [0.25, 0.3) is 10.4 Å². The molecule has 0 aliphatic carbocycles. The summed E-state index contributed by atoms with van der Waals surface area (Å²) < 4.78 is 0.0500. The standard InChI is InChI=1S/C12H22N4OS3/c1-4-19-11(18)20-12(10(13)17,8-9(2)3)6-5-7-15-16-14/h9H,4-8H2,1-3H3,(H2,13,17). The van der Waals surface area contributed by atoms with Crippen molar-refractivity contribution in [3.63, 3.8) is 0 Å². The minimum atomic E-state index is -0.696. The fourth-order valence-corrected chi connectivity index (χ4v) is 5.13. The Bertz CT molecular complexity index is 383. The Kier molecular flexibility index (Phi) is 10.1. The molecule has 0 aliphatic heterocycles. The lowest BCUT2D eigenvalue weighted by Gasteiger charge is -2.31. The predicted octanol–water partition coefficient (Wildman–Crippen LogP) is 4.12. The Morgan fingerprint density at radius 2 is 2.20 bits per heavy atom. The molecule has 0 aromatic carbocycles. The molecule has 20 heavy (non-hydrogen) atoms. The van der Waals surface area contributed by atoms with Crippen LogP contribution >= 0.6 is 35.7 Å². The maximum absolute atomic E-state index is 12.0. The summed E-state index contributed by atoms with van der Waals surface area (Å²) in [5.74, 6) is 0.876. The van der Waals surface area contributed by atoms with Gasteiger partial charge in [0, 0.05) is 11.5 Å². The molecule has 0 aromatic heterocycles. The molecule has 1 atom stereocenters. The summed E-state index contributed by atoms with van der Waals surface area (Å²) in [5.41, 5.74) is 14.0. The van der Waals surface area contributed by atoms with Crippen molar-refractivity contribution >= 4 is 45.2 Å². The second-order valence-corrected chi connectivity index (χ2v) is 8.65. The summed E-state index contributed by atoms with van der Waals surface area (Å²) in [6.45, 7) is 6.51. The van der Waals surface area contributed by atoms with E-state index >= 15 is 0 Å². The molecule has 0 heterocycles. The SMILES string of the molecule is CCSC(=S)SC(CCCN=[N+]=[N-])(CC(C)C)C(N)=O. The smallest absolute Gasteiger partial charge is 0.234 e. The largest absolute Gasteiger partial charge is 0.368 e. The van der Waals surface area contributed by atoms with Crippen LogP contribution in [0.1, 0.15) is 40.0 Å². The first-order valence-electron chi connectivity index (χ1n) is 6.54. The van der Waals surface area contributed by atoms with Crippen LogP contribution in [0.2, 0.25) is 0 Å². The second-order valence-electron chi connectivity index (χ2n) is 4.80. The Labute approximate surface area is 134 Å². The Morgan fingerprint density at radius 3 is 2.65 bits per heavy atom. The Morgan fingerprint density at radius 1 is 1.55 bits per heavy atom. The molecule has 0 fully saturated rings. The van der Waals surface area contributed by atoms with E-state index in [1.807, 2.05) is 6.92 Å². The summed E-state index contributed by atoms with van der Waals surface area (Å²) >= 11 is 8.26. The van der Waals surface area contributed by atoms with Gasteiger partial charge in [0.1, 0.15) is 8.28 Å². The van der Waals surface area contributed by atoms with Crippen molar-refractivity contribution in [2.24, 2.45) is 16.8 Å². The minimum absolute atomic E-state index is 0.337. The van der Waals surface area contributed by atoms with Gasteiger partial charge in [-0.25, -0.2) is 0 Å². The fraction of sp³-hybridized carbons (Fsp3) is 0.833. The summed E-state index contributed by atoms with van der Waals surface area (Å²) in [7, 11) is 0. The van der Waals surface area contributed by atoms with Crippen molar-refractivity contribution in [3.8, 4) is 0 Å². The first-order valence-corrected chi connectivity index (χ1v) is 8.75. The van der Waals surface area contributed by atoms with Crippen molar-refractivity contribution < 1.29 is 4.79 Å². The molecule has 0 radical (unpaired) electrons. The van der Waals surface area contributed by atoms with E-state index in [2.05, 4.69) is 23.9 Å². The van der Waals surface area contributed by atoms with Gasteiger partial charge in [-0.3, -0.25) is 4.79 Å². The average Bonchev–Trinajstić information content (AvgIpc) is 2.33. The summed E-state index contributed by atoms with van der Waals surface area (Å²) in [6.07, 6.45) is 1.88. The average molecular weight is 335 g/mol. The number of carbonyl (C=O) groups is 1. The lowest BCUT2D eigenvalue weighted by molar-refractivity contribution is -0.120. The van der Waals surface area contributed by atoms with Gasteiger partial charge < -0.3 is 5.73 Å². The number of primary amides is 1. The van der Waals surface area contributed by atoms with Gasteiger partial charge in [0.15, 0.2) is 0 Å². The molecule has 0 bridgehead atoms. The number of thiocarbonyl (C=S) groups is 1. The van der Waals surface area contributed by atoms with Crippen LogP contribution in [0.15, 0.2) is 5.11 Å². The molecule has 0 spiro atoms. The third-order valence-electron chi connectivity index (χ3n) is 2.63. The number of nitrogens with two attached hydrogens (primary N) is 1. The zero-order valence-electron chi connectivity index (χ0n) is 12.2. The van der Waals surface area contributed by atoms with E-state index < -0.39 is 4.75 Å². The number of thioether (sulfide) groups is 2. The maximum Gasteiger partial charge on any atom is 0.234 e. The maximum atomic E-state index is 12.0. The van der Waals surface area contributed by atoms with Crippen molar-refractivity contribution in [1.82, 2.24) is 0 Å². The number of nitrogens with zero attached hydrogens (tertiary/aromatic N) is 3. The van der Waals surface area contributed by atoms with E-state index in [9.17, 15) is 4.79 Å². The summed E-state index contributed by atoms with van der Waals surface area (Å²) in [5, 5.41) is 3.51. The number of azide groups is 1. The van der Waals surface area contributed by atoms with Crippen molar-refractivity contribution in [1.29, 1.82) is 0 Å². The van der Waals surface area contributed by atoms with E-state index in [4.69, 9.17) is 23.5 Å². The van der Waals surface area contributed by atoms with Crippen LogP contribution in [0.3, 0.4) is 0 Å². The molecule has 0 aromatic rings. The molecule has 2 N–H and O–H groups in total. The topological polar surface area (TPSA) is 91.8 Å². The Balaban J connectivity index is 4.97. The third kappa shape index (κ3) is 7.38. The monoisotopic (exact) mass is 334 g/mol. The van der Waals surface area contributed by atoms with E-state index in [-0.39, 0.29) is 5.91 Å². The van der Waals surface area contributed by atoms with Crippen molar-refractivity contribution in [2.45, 2.75) is 44.8 Å². The highest BCUT2D eigenvalue weighted by Crippen LogP contribution is 2.40. The first-order chi connectivity index (χ1) is 9.38. The number of carbonyl (C=O) groups excluding carboxylic acids is 1. The molecule has 114 valence electrons. The lowest BCUT2D eigenvalue weighted by atomic mass is 9.91. The lowest BCUT2D eigenvalue weighted by Crippen LogP contribution is -2.43. The van der Waals surface area contributed by atoms with Gasteiger partial charge in [-0.1, -0.05) is 49.9 Å². The predicted molar refractivity (Wildman–Crippen MR) is 92.9 cm³/mol. The van der Waals surface area contributed by atoms with Gasteiger partial charge in [-0.05, 0) is 36.5 Å².